The van der Waals surface area contributed by atoms with Gasteiger partial charge in [-0.25, -0.2) is 4.39 Å². The van der Waals surface area contributed by atoms with Gasteiger partial charge in [0.25, 0.3) is 0 Å². The Labute approximate surface area is 96.2 Å². The lowest BCUT2D eigenvalue weighted by atomic mass is 10.2. The molecular formula is C11H11BrFNO. The molecule has 0 unspecified atom stereocenters. The molecule has 15 heavy (non-hydrogen) atoms. The van der Waals surface area contributed by atoms with E-state index in [1.165, 1.54) is 6.07 Å². The minimum atomic E-state index is -0.260. The molecule has 0 aliphatic carbocycles. The van der Waals surface area contributed by atoms with E-state index in [1.807, 2.05) is 0 Å². The number of likely N-dealkylation sites (tertiary alicyclic amines) is 1. The Hall–Kier alpha value is -0.900. The van der Waals surface area contributed by atoms with Gasteiger partial charge in [0.2, 0.25) is 5.91 Å². The van der Waals surface area contributed by atoms with Crippen LogP contribution in [0.25, 0.3) is 0 Å². The third-order valence-electron chi connectivity index (χ3n) is 2.55. The second-order valence-electron chi connectivity index (χ2n) is 3.65. The summed E-state index contributed by atoms with van der Waals surface area (Å²) < 4.78 is 14.2. The van der Waals surface area contributed by atoms with E-state index in [4.69, 9.17) is 0 Å². The van der Waals surface area contributed by atoms with Crippen LogP contribution in [0.15, 0.2) is 22.7 Å². The third kappa shape index (κ3) is 2.37. The van der Waals surface area contributed by atoms with Gasteiger partial charge in [-0.1, -0.05) is 22.0 Å². The Kier molecular flexibility index (Phi) is 3.05. The van der Waals surface area contributed by atoms with E-state index < -0.39 is 0 Å². The summed E-state index contributed by atoms with van der Waals surface area (Å²) in [7, 11) is 0. The Morgan fingerprint density at radius 1 is 1.47 bits per heavy atom. The highest BCUT2D eigenvalue weighted by Crippen LogP contribution is 2.19. The van der Waals surface area contributed by atoms with Gasteiger partial charge in [0.05, 0.1) is 0 Å². The Bertz CT molecular complexity index is 394. The lowest BCUT2D eigenvalue weighted by Gasteiger charge is -2.15. The maximum Gasteiger partial charge on any atom is 0.222 e. The summed E-state index contributed by atoms with van der Waals surface area (Å²) in [5, 5.41) is 0. The third-order valence-corrected chi connectivity index (χ3v) is 3.04. The fourth-order valence-corrected chi connectivity index (χ4v) is 2.06. The first-order chi connectivity index (χ1) is 7.16. The molecule has 1 aliphatic heterocycles. The second kappa shape index (κ2) is 4.31. The SMILES string of the molecule is O=C1CCCN1Cc1ccc(Br)cc1F. The monoisotopic (exact) mass is 271 g/mol. The highest BCUT2D eigenvalue weighted by Gasteiger charge is 2.20. The molecule has 0 bridgehead atoms. The van der Waals surface area contributed by atoms with Gasteiger partial charge in [-0.15, -0.1) is 0 Å². The topological polar surface area (TPSA) is 20.3 Å². The van der Waals surface area contributed by atoms with Crippen molar-refractivity contribution in [2.45, 2.75) is 19.4 Å². The molecule has 80 valence electrons. The molecule has 2 nitrogen and oxygen atoms in total. The van der Waals surface area contributed by atoms with Gasteiger partial charge in [0.15, 0.2) is 0 Å². The zero-order valence-electron chi connectivity index (χ0n) is 8.17. The number of rotatable bonds is 2. The lowest BCUT2D eigenvalue weighted by molar-refractivity contribution is -0.128. The summed E-state index contributed by atoms with van der Waals surface area (Å²) in [4.78, 5) is 13.1. The molecule has 2 rings (SSSR count). The summed E-state index contributed by atoms with van der Waals surface area (Å²) in [5.74, 6) is -0.138. The second-order valence-corrected chi connectivity index (χ2v) is 4.57. The molecule has 0 atom stereocenters. The van der Waals surface area contributed by atoms with Crippen LogP contribution in [0.3, 0.4) is 0 Å². The van der Waals surface area contributed by atoms with Crippen molar-refractivity contribution in [3.8, 4) is 0 Å². The van der Waals surface area contributed by atoms with E-state index in [2.05, 4.69) is 15.9 Å². The van der Waals surface area contributed by atoms with Crippen LogP contribution in [0.2, 0.25) is 0 Å². The summed E-state index contributed by atoms with van der Waals surface area (Å²) in [6.45, 7) is 1.13. The highest BCUT2D eigenvalue weighted by atomic mass is 79.9. The molecule has 1 aromatic carbocycles. The highest BCUT2D eigenvalue weighted by molar-refractivity contribution is 9.10. The number of nitrogens with zero attached hydrogens (tertiary/aromatic N) is 1. The van der Waals surface area contributed by atoms with E-state index in [9.17, 15) is 9.18 Å². The van der Waals surface area contributed by atoms with Crippen LogP contribution in [0.5, 0.6) is 0 Å². The fourth-order valence-electron chi connectivity index (χ4n) is 1.73. The first-order valence-corrected chi connectivity index (χ1v) is 5.68. The van der Waals surface area contributed by atoms with Gasteiger partial charge in [0, 0.05) is 29.5 Å². The molecule has 1 saturated heterocycles. The maximum atomic E-state index is 13.5. The van der Waals surface area contributed by atoms with E-state index in [0.717, 1.165) is 17.4 Å². The van der Waals surface area contributed by atoms with E-state index in [0.29, 0.717) is 18.5 Å². The van der Waals surface area contributed by atoms with Crippen molar-refractivity contribution in [2.75, 3.05) is 6.54 Å². The maximum absolute atomic E-state index is 13.5. The van der Waals surface area contributed by atoms with Crippen molar-refractivity contribution in [1.82, 2.24) is 4.90 Å². The normalized spacial score (nSPS) is 16.1. The predicted molar refractivity (Wildman–Crippen MR) is 58.8 cm³/mol. The minimum Gasteiger partial charge on any atom is -0.338 e. The van der Waals surface area contributed by atoms with Crippen molar-refractivity contribution >= 4 is 21.8 Å². The number of benzene rings is 1. The summed E-state index contributed by atoms with van der Waals surface area (Å²) in [6.07, 6.45) is 1.48. The standard InChI is InChI=1S/C11H11BrFNO/c12-9-4-3-8(10(13)6-9)7-14-5-1-2-11(14)15/h3-4,6H,1-2,5,7H2. The molecule has 0 N–H and O–H groups in total. The Morgan fingerprint density at radius 2 is 2.27 bits per heavy atom. The molecule has 0 saturated carbocycles. The fraction of sp³-hybridized carbons (Fsp3) is 0.364. The smallest absolute Gasteiger partial charge is 0.222 e. The van der Waals surface area contributed by atoms with Crippen LogP contribution in [0.1, 0.15) is 18.4 Å². The molecule has 1 amide bonds. The molecular weight excluding hydrogens is 261 g/mol. The van der Waals surface area contributed by atoms with Gasteiger partial charge in [0.1, 0.15) is 5.82 Å². The molecule has 1 fully saturated rings. The van der Waals surface area contributed by atoms with Crippen molar-refractivity contribution in [1.29, 1.82) is 0 Å². The first-order valence-electron chi connectivity index (χ1n) is 4.88. The summed E-state index contributed by atoms with van der Waals surface area (Å²) >= 11 is 3.20. The van der Waals surface area contributed by atoms with Crippen LogP contribution in [-0.2, 0) is 11.3 Å². The Morgan fingerprint density at radius 3 is 2.87 bits per heavy atom. The molecule has 0 aromatic heterocycles. The summed E-state index contributed by atoms with van der Waals surface area (Å²) in [5.41, 5.74) is 0.577. The van der Waals surface area contributed by atoms with Crippen LogP contribution >= 0.6 is 15.9 Å². The van der Waals surface area contributed by atoms with Crippen LogP contribution < -0.4 is 0 Å². The predicted octanol–water partition coefficient (Wildman–Crippen LogP) is 2.71. The largest absolute Gasteiger partial charge is 0.338 e. The molecule has 1 aliphatic rings. The van der Waals surface area contributed by atoms with Crippen LogP contribution in [0, 0.1) is 5.82 Å². The molecule has 0 spiro atoms. The van der Waals surface area contributed by atoms with Crippen molar-refractivity contribution in [2.24, 2.45) is 0 Å². The van der Waals surface area contributed by atoms with Gasteiger partial charge in [-0.05, 0) is 18.6 Å². The Balaban J connectivity index is 2.13. The number of amides is 1. The van der Waals surface area contributed by atoms with Gasteiger partial charge in [-0.3, -0.25) is 4.79 Å². The van der Waals surface area contributed by atoms with Gasteiger partial charge in [-0.2, -0.15) is 0 Å². The zero-order valence-corrected chi connectivity index (χ0v) is 9.76. The zero-order chi connectivity index (χ0) is 10.8. The number of hydrogen-bond donors (Lipinski definition) is 0. The lowest BCUT2D eigenvalue weighted by Crippen LogP contribution is -2.24. The molecule has 0 radical (unpaired) electrons. The number of hydrogen-bond acceptors (Lipinski definition) is 1. The first kappa shape index (κ1) is 10.6. The van der Waals surface area contributed by atoms with Crippen molar-refractivity contribution in [3.05, 3.63) is 34.1 Å². The van der Waals surface area contributed by atoms with E-state index in [-0.39, 0.29) is 11.7 Å². The minimum absolute atomic E-state index is 0.123. The number of carbonyl (C=O) groups is 1. The van der Waals surface area contributed by atoms with Gasteiger partial charge >= 0.3 is 0 Å². The average molecular weight is 272 g/mol. The molecule has 1 heterocycles. The number of carbonyl (C=O) groups excluding carboxylic acids is 1. The molecule has 1 aromatic rings. The van der Waals surface area contributed by atoms with E-state index >= 15 is 0 Å². The quantitative estimate of drug-likeness (QED) is 0.810. The summed E-state index contributed by atoms with van der Waals surface area (Å²) in [6, 6.07) is 4.93. The van der Waals surface area contributed by atoms with Crippen molar-refractivity contribution < 1.29 is 9.18 Å². The molecule has 4 heteroatoms. The van der Waals surface area contributed by atoms with Crippen LogP contribution in [0.4, 0.5) is 4.39 Å². The van der Waals surface area contributed by atoms with Crippen molar-refractivity contribution in [3.63, 3.8) is 0 Å². The van der Waals surface area contributed by atoms with E-state index in [1.54, 1.807) is 17.0 Å². The van der Waals surface area contributed by atoms with Gasteiger partial charge < -0.3 is 4.90 Å². The average Bonchev–Trinajstić information content (AvgIpc) is 2.57. The van der Waals surface area contributed by atoms with Crippen LogP contribution in [-0.4, -0.2) is 17.4 Å². The number of halogens is 2.